The molecule has 0 fully saturated rings. The fourth-order valence-corrected chi connectivity index (χ4v) is 1.25. The minimum atomic E-state index is -0.114. The fraction of sp³-hybridized carbons (Fsp3) is 0.417. The molecule has 0 saturated carbocycles. The summed E-state index contributed by atoms with van der Waals surface area (Å²) in [5.74, 6) is 0. The SMILES string of the molecule is CCN(C)C(=O)Nc1ccc(CCO)cc1. The molecule has 0 atom stereocenters. The van der Waals surface area contributed by atoms with Crippen molar-refractivity contribution in [2.24, 2.45) is 0 Å². The van der Waals surface area contributed by atoms with Gasteiger partial charge in [-0.2, -0.15) is 0 Å². The topological polar surface area (TPSA) is 52.6 Å². The molecule has 1 aromatic carbocycles. The Morgan fingerprint density at radius 2 is 2.00 bits per heavy atom. The maximum absolute atomic E-state index is 11.5. The molecule has 2 amide bonds. The van der Waals surface area contributed by atoms with Crippen LogP contribution in [0.1, 0.15) is 12.5 Å². The lowest BCUT2D eigenvalue weighted by atomic mass is 10.1. The highest BCUT2D eigenvalue weighted by Gasteiger charge is 2.05. The molecule has 0 bridgehead atoms. The minimum Gasteiger partial charge on any atom is -0.396 e. The number of hydrogen-bond donors (Lipinski definition) is 2. The zero-order chi connectivity index (χ0) is 12.0. The van der Waals surface area contributed by atoms with Crippen molar-refractivity contribution in [2.75, 3.05) is 25.5 Å². The summed E-state index contributed by atoms with van der Waals surface area (Å²) in [7, 11) is 1.75. The molecular formula is C12H18N2O2. The normalized spacial score (nSPS) is 9.94. The van der Waals surface area contributed by atoms with Crippen LogP contribution >= 0.6 is 0 Å². The fourth-order valence-electron chi connectivity index (χ4n) is 1.25. The number of hydrogen-bond acceptors (Lipinski definition) is 2. The van der Waals surface area contributed by atoms with Gasteiger partial charge < -0.3 is 15.3 Å². The highest BCUT2D eigenvalue weighted by atomic mass is 16.3. The predicted octanol–water partition coefficient (Wildman–Crippen LogP) is 1.71. The molecule has 0 aromatic heterocycles. The Morgan fingerprint density at radius 1 is 1.38 bits per heavy atom. The standard InChI is InChI=1S/C12H18N2O2/c1-3-14(2)12(16)13-11-6-4-10(5-7-11)8-9-15/h4-7,15H,3,8-9H2,1-2H3,(H,13,16). The molecule has 0 saturated heterocycles. The van der Waals surface area contributed by atoms with Crippen LogP contribution in [0.5, 0.6) is 0 Å². The molecule has 0 aliphatic rings. The van der Waals surface area contributed by atoms with Crippen molar-refractivity contribution < 1.29 is 9.90 Å². The van der Waals surface area contributed by atoms with Gasteiger partial charge in [-0.15, -0.1) is 0 Å². The van der Waals surface area contributed by atoms with Crippen LogP contribution in [0, 0.1) is 0 Å². The van der Waals surface area contributed by atoms with Gasteiger partial charge in [0.05, 0.1) is 0 Å². The van der Waals surface area contributed by atoms with E-state index < -0.39 is 0 Å². The number of aliphatic hydroxyl groups is 1. The van der Waals surface area contributed by atoms with E-state index in [9.17, 15) is 4.79 Å². The second-order valence-corrected chi connectivity index (χ2v) is 3.61. The maximum Gasteiger partial charge on any atom is 0.321 e. The number of urea groups is 1. The van der Waals surface area contributed by atoms with E-state index in [1.54, 1.807) is 11.9 Å². The summed E-state index contributed by atoms with van der Waals surface area (Å²) in [6, 6.07) is 7.37. The van der Waals surface area contributed by atoms with Crippen LogP contribution in [-0.2, 0) is 6.42 Å². The lowest BCUT2D eigenvalue weighted by Gasteiger charge is -2.15. The molecule has 0 radical (unpaired) electrons. The Bertz CT molecular complexity index is 335. The molecule has 0 aliphatic carbocycles. The molecular weight excluding hydrogens is 204 g/mol. The van der Waals surface area contributed by atoms with E-state index in [0.29, 0.717) is 13.0 Å². The zero-order valence-electron chi connectivity index (χ0n) is 9.73. The Kier molecular flexibility index (Phi) is 4.79. The zero-order valence-corrected chi connectivity index (χ0v) is 9.73. The van der Waals surface area contributed by atoms with Crippen molar-refractivity contribution in [2.45, 2.75) is 13.3 Å². The average molecular weight is 222 g/mol. The molecule has 0 heterocycles. The lowest BCUT2D eigenvalue weighted by molar-refractivity contribution is 0.224. The summed E-state index contributed by atoms with van der Waals surface area (Å²) < 4.78 is 0. The quantitative estimate of drug-likeness (QED) is 0.814. The van der Waals surface area contributed by atoms with Crippen LogP contribution in [0.25, 0.3) is 0 Å². The third kappa shape index (κ3) is 3.55. The molecule has 2 N–H and O–H groups in total. The van der Waals surface area contributed by atoms with Crippen molar-refractivity contribution in [3.8, 4) is 0 Å². The first-order valence-corrected chi connectivity index (χ1v) is 5.39. The van der Waals surface area contributed by atoms with Gasteiger partial charge in [-0.3, -0.25) is 0 Å². The second-order valence-electron chi connectivity index (χ2n) is 3.61. The summed E-state index contributed by atoms with van der Waals surface area (Å²) in [4.78, 5) is 13.1. The number of nitrogens with zero attached hydrogens (tertiary/aromatic N) is 1. The van der Waals surface area contributed by atoms with Gasteiger partial charge in [0.1, 0.15) is 0 Å². The minimum absolute atomic E-state index is 0.114. The Morgan fingerprint density at radius 3 is 2.50 bits per heavy atom. The number of benzene rings is 1. The smallest absolute Gasteiger partial charge is 0.321 e. The molecule has 88 valence electrons. The number of aliphatic hydroxyl groups excluding tert-OH is 1. The van der Waals surface area contributed by atoms with E-state index in [2.05, 4.69) is 5.32 Å². The molecule has 0 unspecified atom stereocenters. The number of rotatable bonds is 4. The van der Waals surface area contributed by atoms with E-state index in [1.807, 2.05) is 31.2 Å². The summed E-state index contributed by atoms with van der Waals surface area (Å²) in [5.41, 5.74) is 1.83. The predicted molar refractivity (Wildman–Crippen MR) is 64.6 cm³/mol. The first-order chi connectivity index (χ1) is 7.67. The summed E-state index contributed by atoms with van der Waals surface area (Å²) >= 11 is 0. The first kappa shape index (κ1) is 12.5. The highest BCUT2D eigenvalue weighted by Crippen LogP contribution is 2.10. The van der Waals surface area contributed by atoms with E-state index in [-0.39, 0.29) is 12.6 Å². The van der Waals surface area contributed by atoms with Crippen molar-refractivity contribution in [3.63, 3.8) is 0 Å². The maximum atomic E-state index is 11.5. The van der Waals surface area contributed by atoms with Crippen molar-refractivity contribution in [3.05, 3.63) is 29.8 Å². The summed E-state index contributed by atoms with van der Waals surface area (Å²) in [6.45, 7) is 2.74. The second kappa shape index (κ2) is 6.12. The lowest BCUT2D eigenvalue weighted by Crippen LogP contribution is -2.30. The largest absolute Gasteiger partial charge is 0.396 e. The van der Waals surface area contributed by atoms with Gasteiger partial charge in [-0.05, 0) is 31.0 Å². The van der Waals surface area contributed by atoms with E-state index in [1.165, 1.54) is 0 Å². The number of carbonyl (C=O) groups is 1. The molecule has 1 aromatic rings. The third-order valence-electron chi connectivity index (χ3n) is 2.43. The van der Waals surface area contributed by atoms with Crippen LogP contribution in [0.2, 0.25) is 0 Å². The van der Waals surface area contributed by atoms with Gasteiger partial charge in [-0.25, -0.2) is 4.79 Å². The number of amides is 2. The van der Waals surface area contributed by atoms with Gasteiger partial charge in [0, 0.05) is 25.9 Å². The molecule has 0 aliphatic heterocycles. The molecule has 4 nitrogen and oxygen atoms in total. The van der Waals surface area contributed by atoms with Gasteiger partial charge in [0.2, 0.25) is 0 Å². The van der Waals surface area contributed by atoms with Crippen LogP contribution < -0.4 is 5.32 Å². The first-order valence-electron chi connectivity index (χ1n) is 5.39. The van der Waals surface area contributed by atoms with Gasteiger partial charge in [0.25, 0.3) is 0 Å². The van der Waals surface area contributed by atoms with Gasteiger partial charge in [-0.1, -0.05) is 12.1 Å². The van der Waals surface area contributed by atoms with Crippen molar-refractivity contribution in [1.29, 1.82) is 0 Å². The van der Waals surface area contributed by atoms with Crippen LogP contribution in [-0.4, -0.2) is 36.2 Å². The molecule has 0 spiro atoms. The van der Waals surface area contributed by atoms with Crippen LogP contribution in [0.4, 0.5) is 10.5 Å². The Balaban J connectivity index is 2.58. The molecule has 16 heavy (non-hydrogen) atoms. The van der Waals surface area contributed by atoms with E-state index in [0.717, 1.165) is 11.3 Å². The van der Waals surface area contributed by atoms with E-state index >= 15 is 0 Å². The van der Waals surface area contributed by atoms with Crippen LogP contribution in [0.15, 0.2) is 24.3 Å². The molecule has 4 heteroatoms. The van der Waals surface area contributed by atoms with Crippen molar-refractivity contribution >= 4 is 11.7 Å². The number of carbonyl (C=O) groups excluding carboxylic acids is 1. The summed E-state index contributed by atoms with van der Waals surface area (Å²) in [6.07, 6.45) is 0.642. The highest BCUT2D eigenvalue weighted by molar-refractivity contribution is 5.89. The number of anilines is 1. The van der Waals surface area contributed by atoms with Crippen LogP contribution in [0.3, 0.4) is 0 Å². The monoisotopic (exact) mass is 222 g/mol. The van der Waals surface area contributed by atoms with Crippen molar-refractivity contribution in [1.82, 2.24) is 4.90 Å². The third-order valence-corrected chi connectivity index (χ3v) is 2.43. The Hall–Kier alpha value is -1.55. The Labute approximate surface area is 95.9 Å². The number of nitrogens with one attached hydrogen (secondary N) is 1. The molecule has 1 rings (SSSR count). The van der Waals surface area contributed by atoms with E-state index in [4.69, 9.17) is 5.11 Å². The van der Waals surface area contributed by atoms with Gasteiger partial charge in [0.15, 0.2) is 0 Å². The summed E-state index contributed by atoms with van der Waals surface area (Å²) in [5, 5.41) is 11.5. The van der Waals surface area contributed by atoms with Gasteiger partial charge >= 0.3 is 6.03 Å². The average Bonchev–Trinajstić information content (AvgIpc) is 2.31.